The lowest BCUT2D eigenvalue weighted by atomic mass is 10.2. The number of halogens is 1. The number of hydrogen-bond donors (Lipinski definition) is 1. The first-order valence-electron chi connectivity index (χ1n) is 4.02. The molecule has 72 valence electrons. The summed E-state index contributed by atoms with van der Waals surface area (Å²) in [5.41, 5.74) is 1.43. The zero-order valence-corrected chi connectivity index (χ0v) is 8.26. The molecule has 1 unspecified atom stereocenters. The van der Waals surface area contributed by atoms with Crippen LogP contribution in [-0.4, -0.2) is 16.7 Å². The zero-order chi connectivity index (χ0) is 9.84. The van der Waals surface area contributed by atoms with Crippen LogP contribution in [0.1, 0.15) is 31.3 Å². The third-order valence-electron chi connectivity index (χ3n) is 1.80. The second-order valence-corrected chi connectivity index (χ2v) is 3.01. The molecule has 0 aliphatic heterocycles. The maximum Gasteiger partial charge on any atom is 0.293 e. The first-order chi connectivity index (χ1) is 6.20. The lowest BCUT2D eigenvalue weighted by molar-refractivity contribution is -0.133. The Morgan fingerprint density at radius 3 is 2.92 bits per heavy atom. The number of H-pyrrole nitrogens is 1. The number of carbonyl (C=O) groups is 1. The highest BCUT2D eigenvalue weighted by atomic mass is 35.5. The van der Waals surface area contributed by atoms with Crippen LogP contribution >= 0.6 is 11.6 Å². The molecular formula is C8H11ClN2O2. The Morgan fingerprint density at radius 2 is 2.46 bits per heavy atom. The average molecular weight is 203 g/mol. The number of aryl methyl sites for hydroxylation is 1. The number of hydrogen-bond acceptors (Lipinski definition) is 3. The van der Waals surface area contributed by atoms with Crippen molar-refractivity contribution in [1.29, 1.82) is 0 Å². The van der Waals surface area contributed by atoms with Gasteiger partial charge >= 0.3 is 0 Å². The average Bonchev–Trinajstić information content (AvgIpc) is 2.47. The van der Waals surface area contributed by atoms with Gasteiger partial charge in [0.25, 0.3) is 6.47 Å². The van der Waals surface area contributed by atoms with Gasteiger partial charge < -0.3 is 4.74 Å². The van der Waals surface area contributed by atoms with Crippen molar-refractivity contribution in [3.8, 4) is 0 Å². The lowest BCUT2D eigenvalue weighted by Crippen LogP contribution is -1.99. The van der Waals surface area contributed by atoms with Gasteiger partial charge in [0.2, 0.25) is 0 Å². The van der Waals surface area contributed by atoms with Crippen molar-refractivity contribution in [3.63, 3.8) is 0 Å². The lowest BCUT2D eigenvalue weighted by Gasteiger charge is -2.05. The van der Waals surface area contributed by atoms with Crippen molar-refractivity contribution in [2.45, 2.75) is 26.4 Å². The van der Waals surface area contributed by atoms with Gasteiger partial charge in [-0.25, -0.2) is 0 Å². The first kappa shape index (κ1) is 10.1. The van der Waals surface area contributed by atoms with Gasteiger partial charge in [0.05, 0.1) is 10.7 Å². The van der Waals surface area contributed by atoms with Crippen molar-refractivity contribution >= 4 is 18.1 Å². The Labute approximate surface area is 81.2 Å². The van der Waals surface area contributed by atoms with E-state index in [1.54, 1.807) is 6.92 Å². The smallest absolute Gasteiger partial charge is 0.293 e. The van der Waals surface area contributed by atoms with Crippen molar-refractivity contribution in [1.82, 2.24) is 10.2 Å². The van der Waals surface area contributed by atoms with Crippen molar-refractivity contribution < 1.29 is 9.53 Å². The Morgan fingerprint density at radius 1 is 1.77 bits per heavy atom. The van der Waals surface area contributed by atoms with Gasteiger partial charge in [0, 0.05) is 0 Å². The summed E-state index contributed by atoms with van der Waals surface area (Å²) in [5.74, 6) is 0. The van der Waals surface area contributed by atoms with Gasteiger partial charge in [0.15, 0.2) is 0 Å². The molecule has 0 amide bonds. The zero-order valence-electron chi connectivity index (χ0n) is 7.50. The molecule has 0 saturated heterocycles. The highest BCUT2D eigenvalue weighted by Gasteiger charge is 2.16. The van der Waals surface area contributed by atoms with Gasteiger partial charge in [-0.05, 0) is 13.3 Å². The minimum atomic E-state index is -0.401. The predicted octanol–water partition coefficient (Wildman–Crippen LogP) is 1.86. The van der Waals surface area contributed by atoms with Crippen LogP contribution in [0.25, 0.3) is 0 Å². The molecule has 1 aromatic heterocycles. The molecule has 0 spiro atoms. The van der Waals surface area contributed by atoms with Crippen LogP contribution in [0, 0.1) is 0 Å². The number of nitrogens with zero attached hydrogens (tertiary/aromatic N) is 1. The Balaban J connectivity index is 2.88. The summed E-state index contributed by atoms with van der Waals surface area (Å²) in [6.45, 7) is 4.08. The third-order valence-corrected chi connectivity index (χ3v) is 2.22. The quantitative estimate of drug-likeness (QED) is 0.759. The van der Waals surface area contributed by atoms with Gasteiger partial charge in [-0.2, -0.15) is 5.10 Å². The summed E-state index contributed by atoms with van der Waals surface area (Å²) in [5, 5.41) is 7.30. The van der Waals surface area contributed by atoms with Gasteiger partial charge in [0.1, 0.15) is 11.8 Å². The molecule has 0 fully saturated rings. The minimum absolute atomic E-state index is 0.390. The molecule has 1 heterocycles. The maximum atomic E-state index is 10.1. The number of rotatable bonds is 4. The van der Waals surface area contributed by atoms with Crippen molar-refractivity contribution in [3.05, 3.63) is 16.4 Å². The number of ether oxygens (including phenoxy) is 1. The molecule has 0 aliphatic carbocycles. The molecule has 13 heavy (non-hydrogen) atoms. The Hall–Kier alpha value is -1.03. The summed E-state index contributed by atoms with van der Waals surface area (Å²) >= 11 is 5.97. The maximum absolute atomic E-state index is 10.1. The van der Waals surface area contributed by atoms with Gasteiger partial charge in [-0.3, -0.25) is 9.89 Å². The third kappa shape index (κ3) is 2.01. The van der Waals surface area contributed by atoms with E-state index in [1.807, 2.05) is 6.92 Å². The van der Waals surface area contributed by atoms with Crippen LogP contribution in [0.3, 0.4) is 0 Å². The topological polar surface area (TPSA) is 55.0 Å². The van der Waals surface area contributed by atoms with Crippen molar-refractivity contribution in [2.24, 2.45) is 0 Å². The standard InChI is InChI=1S/C8H11ClN2O2/c1-3-6-7(9)8(11-10-6)5(2)13-4-12/h4-5H,3H2,1-2H3,(H,10,11). The molecule has 5 heteroatoms. The predicted molar refractivity (Wildman–Crippen MR) is 48.5 cm³/mol. The van der Waals surface area contributed by atoms with E-state index in [9.17, 15) is 4.79 Å². The van der Waals surface area contributed by atoms with Gasteiger partial charge in [-0.15, -0.1) is 0 Å². The van der Waals surface area contributed by atoms with Gasteiger partial charge in [-0.1, -0.05) is 18.5 Å². The summed E-state index contributed by atoms with van der Waals surface area (Å²) < 4.78 is 4.72. The van der Waals surface area contributed by atoms with E-state index in [2.05, 4.69) is 10.2 Å². The van der Waals surface area contributed by atoms with E-state index >= 15 is 0 Å². The molecule has 1 N–H and O–H groups in total. The molecule has 1 rings (SSSR count). The monoisotopic (exact) mass is 202 g/mol. The summed E-state index contributed by atoms with van der Waals surface area (Å²) in [4.78, 5) is 10.1. The summed E-state index contributed by atoms with van der Waals surface area (Å²) in [7, 11) is 0. The second-order valence-electron chi connectivity index (χ2n) is 2.63. The fourth-order valence-electron chi connectivity index (χ4n) is 1.03. The molecule has 0 bridgehead atoms. The fourth-order valence-corrected chi connectivity index (χ4v) is 1.40. The van der Waals surface area contributed by atoms with Crippen LogP contribution in [0.2, 0.25) is 5.02 Å². The molecule has 4 nitrogen and oxygen atoms in total. The molecule has 0 aliphatic rings. The van der Waals surface area contributed by atoms with E-state index in [0.717, 1.165) is 12.1 Å². The fraction of sp³-hybridized carbons (Fsp3) is 0.500. The summed E-state index contributed by atoms with van der Waals surface area (Å²) in [6, 6.07) is 0. The minimum Gasteiger partial charge on any atom is -0.458 e. The molecule has 1 aromatic rings. The summed E-state index contributed by atoms with van der Waals surface area (Å²) in [6.07, 6.45) is 0.376. The normalized spacial score (nSPS) is 12.5. The highest BCUT2D eigenvalue weighted by Crippen LogP contribution is 2.25. The van der Waals surface area contributed by atoms with E-state index in [4.69, 9.17) is 16.3 Å². The van der Waals surface area contributed by atoms with Crippen LogP contribution in [0.15, 0.2) is 0 Å². The van der Waals surface area contributed by atoms with Crippen LogP contribution in [-0.2, 0) is 16.0 Å². The van der Waals surface area contributed by atoms with Crippen LogP contribution < -0.4 is 0 Å². The van der Waals surface area contributed by atoms with Crippen LogP contribution in [0.5, 0.6) is 0 Å². The highest BCUT2D eigenvalue weighted by molar-refractivity contribution is 6.31. The largest absolute Gasteiger partial charge is 0.458 e. The molecule has 0 radical (unpaired) electrons. The van der Waals surface area contributed by atoms with E-state index in [0.29, 0.717) is 17.2 Å². The second kappa shape index (κ2) is 4.28. The number of aromatic nitrogens is 2. The number of aromatic amines is 1. The molecule has 1 atom stereocenters. The number of carbonyl (C=O) groups excluding carboxylic acids is 1. The SMILES string of the molecule is CCc1[nH]nc(C(C)OC=O)c1Cl. The van der Waals surface area contributed by atoms with E-state index in [1.165, 1.54) is 0 Å². The molecule has 0 aromatic carbocycles. The number of nitrogens with one attached hydrogen (secondary N) is 1. The van der Waals surface area contributed by atoms with E-state index in [-0.39, 0.29) is 0 Å². The van der Waals surface area contributed by atoms with E-state index < -0.39 is 6.10 Å². The Bertz CT molecular complexity index is 298. The van der Waals surface area contributed by atoms with Crippen molar-refractivity contribution in [2.75, 3.05) is 0 Å². The molecule has 0 saturated carbocycles. The molecular weight excluding hydrogens is 192 g/mol. The Kier molecular flexibility index (Phi) is 3.31. The van der Waals surface area contributed by atoms with Crippen LogP contribution in [0.4, 0.5) is 0 Å². The first-order valence-corrected chi connectivity index (χ1v) is 4.40.